The van der Waals surface area contributed by atoms with Crippen molar-refractivity contribution in [3.8, 4) is 11.8 Å². The molecule has 0 radical (unpaired) electrons. The molecule has 1 amide bonds. The first-order chi connectivity index (χ1) is 9.54. The largest absolute Gasteiger partial charge is 0.347 e. The molecular formula is C17H22N2O. The maximum absolute atomic E-state index is 12.5. The Bertz CT molecular complexity index is 560. The Morgan fingerprint density at radius 1 is 1.40 bits per heavy atom. The Balaban J connectivity index is 2.25. The van der Waals surface area contributed by atoms with Crippen molar-refractivity contribution in [3.05, 3.63) is 34.9 Å². The van der Waals surface area contributed by atoms with Crippen molar-refractivity contribution in [1.29, 1.82) is 0 Å². The lowest BCUT2D eigenvalue weighted by atomic mass is 9.98. The number of carbonyl (C=O) groups excluding carboxylic acids is 1. The molecule has 0 bridgehead atoms. The van der Waals surface area contributed by atoms with Crippen LogP contribution in [0.4, 0.5) is 0 Å². The summed E-state index contributed by atoms with van der Waals surface area (Å²) in [7, 11) is 0. The second kappa shape index (κ2) is 6.11. The van der Waals surface area contributed by atoms with Crippen molar-refractivity contribution in [1.82, 2.24) is 5.32 Å². The minimum atomic E-state index is -0.0689. The Labute approximate surface area is 120 Å². The molecule has 3 N–H and O–H groups in total. The molecule has 0 aromatic heterocycles. The highest BCUT2D eigenvalue weighted by Gasteiger charge is 2.30. The summed E-state index contributed by atoms with van der Waals surface area (Å²) in [4.78, 5) is 12.5. The zero-order valence-electron chi connectivity index (χ0n) is 12.3. The molecule has 1 aliphatic carbocycles. The molecule has 0 heterocycles. The zero-order valence-corrected chi connectivity index (χ0v) is 12.3. The van der Waals surface area contributed by atoms with Gasteiger partial charge in [0.25, 0.3) is 5.91 Å². The Morgan fingerprint density at radius 3 is 2.75 bits per heavy atom. The van der Waals surface area contributed by atoms with E-state index in [4.69, 9.17) is 5.73 Å². The lowest BCUT2D eigenvalue weighted by Gasteiger charge is -2.25. The van der Waals surface area contributed by atoms with E-state index < -0.39 is 0 Å². The third-order valence-corrected chi connectivity index (χ3v) is 3.87. The van der Waals surface area contributed by atoms with Gasteiger partial charge in [0, 0.05) is 11.1 Å². The summed E-state index contributed by atoms with van der Waals surface area (Å²) < 4.78 is 0. The average molecular weight is 270 g/mol. The fourth-order valence-electron chi connectivity index (χ4n) is 2.73. The van der Waals surface area contributed by atoms with E-state index in [0.29, 0.717) is 12.1 Å². The van der Waals surface area contributed by atoms with E-state index in [0.717, 1.165) is 24.0 Å². The van der Waals surface area contributed by atoms with E-state index >= 15 is 0 Å². The summed E-state index contributed by atoms with van der Waals surface area (Å²) in [6.45, 7) is 4.41. The van der Waals surface area contributed by atoms with Crippen molar-refractivity contribution >= 4 is 5.91 Å². The van der Waals surface area contributed by atoms with Crippen LogP contribution >= 0.6 is 0 Å². The fraction of sp³-hybridized carbons (Fsp3) is 0.471. The van der Waals surface area contributed by atoms with Gasteiger partial charge in [0.05, 0.1) is 12.1 Å². The Hall–Kier alpha value is -1.79. The summed E-state index contributed by atoms with van der Waals surface area (Å²) >= 11 is 0. The number of carbonyl (C=O) groups is 1. The summed E-state index contributed by atoms with van der Waals surface area (Å²) in [5.74, 6) is 5.79. The van der Waals surface area contributed by atoms with Gasteiger partial charge in [0.2, 0.25) is 0 Å². The number of benzene rings is 1. The van der Waals surface area contributed by atoms with Crippen LogP contribution in [0.3, 0.4) is 0 Å². The number of amides is 1. The molecule has 1 aromatic rings. The van der Waals surface area contributed by atoms with E-state index in [-0.39, 0.29) is 11.4 Å². The number of rotatable bonds is 2. The van der Waals surface area contributed by atoms with E-state index in [1.165, 1.54) is 12.8 Å². The van der Waals surface area contributed by atoms with Crippen molar-refractivity contribution in [2.45, 2.75) is 45.1 Å². The molecule has 1 fully saturated rings. The standard InChI is InChI=1S/C17H22N2O/c1-13-7-8-15(14(12-13)6-5-11-18)16(20)19-17(2)9-3-4-10-17/h7-8,12H,3-4,9-11,18H2,1-2H3,(H,19,20). The summed E-state index contributed by atoms with van der Waals surface area (Å²) in [6, 6.07) is 5.73. The molecule has 0 spiro atoms. The van der Waals surface area contributed by atoms with Crippen LogP contribution < -0.4 is 11.1 Å². The summed E-state index contributed by atoms with van der Waals surface area (Å²) in [6.07, 6.45) is 4.47. The maximum atomic E-state index is 12.5. The number of hydrogen-bond donors (Lipinski definition) is 2. The highest BCUT2D eigenvalue weighted by atomic mass is 16.1. The first kappa shape index (κ1) is 14.6. The fourth-order valence-corrected chi connectivity index (χ4v) is 2.73. The van der Waals surface area contributed by atoms with Gasteiger partial charge in [-0.05, 0) is 44.4 Å². The van der Waals surface area contributed by atoms with Crippen molar-refractivity contribution in [2.75, 3.05) is 6.54 Å². The van der Waals surface area contributed by atoms with Crippen LogP contribution in [0.25, 0.3) is 0 Å². The highest BCUT2D eigenvalue weighted by molar-refractivity contribution is 5.97. The third-order valence-electron chi connectivity index (χ3n) is 3.87. The molecule has 0 atom stereocenters. The van der Waals surface area contributed by atoms with Crippen LogP contribution in [0, 0.1) is 18.8 Å². The first-order valence-electron chi connectivity index (χ1n) is 7.16. The van der Waals surface area contributed by atoms with E-state index in [1.54, 1.807) is 0 Å². The SMILES string of the molecule is Cc1ccc(C(=O)NC2(C)CCCC2)c(C#CCN)c1. The van der Waals surface area contributed by atoms with Gasteiger partial charge in [-0.15, -0.1) is 0 Å². The van der Waals surface area contributed by atoms with E-state index in [1.807, 2.05) is 25.1 Å². The predicted octanol–water partition coefficient (Wildman–Crippen LogP) is 2.37. The predicted molar refractivity (Wildman–Crippen MR) is 81.5 cm³/mol. The topological polar surface area (TPSA) is 55.1 Å². The number of aryl methyl sites for hydroxylation is 1. The number of nitrogens with one attached hydrogen (secondary N) is 1. The molecule has 106 valence electrons. The van der Waals surface area contributed by atoms with Crippen molar-refractivity contribution in [2.24, 2.45) is 5.73 Å². The van der Waals surface area contributed by atoms with Crippen LogP contribution in [-0.2, 0) is 0 Å². The van der Waals surface area contributed by atoms with E-state index in [2.05, 4.69) is 24.1 Å². The van der Waals surface area contributed by atoms with Gasteiger partial charge in [-0.2, -0.15) is 0 Å². The molecule has 0 unspecified atom stereocenters. The molecule has 3 heteroatoms. The maximum Gasteiger partial charge on any atom is 0.252 e. The molecule has 1 saturated carbocycles. The summed E-state index contributed by atoms with van der Waals surface area (Å²) in [5.41, 5.74) is 7.85. The Kier molecular flexibility index (Phi) is 4.46. The molecule has 20 heavy (non-hydrogen) atoms. The molecule has 3 nitrogen and oxygen atoms in total. The highest BCUT2D eigenvalue weighted by Crippen LogP contribution is 2.29. The van der Waals surface area contributed by atoms with Gasteiger partial charge >= 0.3 is 0 Å². The Morgan fingerprint density at radius 2 is 2.10 bits per heavy atom. The molecule has 1 aliphatic rings. The van der Waals surface area contributed by atoms with Gasteiger partial charge in [-0.1, -0.05) is 30.7 Å². The molecule has 0 saturated heterocycles. The van der Waals surface area contributed by atoms with Crippen LogP contribution in [-0.4, -0.2) is 18.0 Å². The van der Waals surface area contributed by atoms with Crippen molar-refractivity contribution in [3.63, 3.8) is 0 Å². The quantitative estimate of drug-likeness (QED) is 0.811. The van der Waals surface area contributed by atoms with E-state index in [9.17, 15) is 4.79 Å². The third kappa shape index (κ3) is 3.40. The second-order valence-corrected chi connectivity index (χ2v) is 5.78. The number of nitrogens with two attached hydrogens (primary N) is 1. The van der Waals surface area contributed by atoms with Gasteiger partial charge in [-0.25, -0.2) is 0 Å². The van der Waals surface area contributed by atoms with Gasteiger partial charge in [-0.3, -0.25) is 4.79 Å². The minimum absolute atomic E-state index is 0.0317. The lowest BCUT2D eigenvalue weighted by molar-refractivity contribution is 0.0908. The molecule has 0 aliphatic heterocycles. The van der Waals surface area contributed by atoms with Gasteiger partial charge in [0.1, 0.15) is 0 Å². The molecule has 2 rings (SSSR count). The molecular weight excluding hydrogens is 248 g/mol. The van der Waals surface area contributed by atoms with Crippen LogP contribution in [0.15, 0.2) is 18.2 Å². The van der Waals surface area contributed by atoms with Crippen molar-refractivity contribution < 1.29 is 4.79 Å². The van der Waals surface area contributed by atoms with Gasteiger partial charge in [0.15, 0.2) is 0 Å². The van der Waals surface area contributed by atoms with Gasteiger partial charge < -0.3 is 11.1 Å². The van der Waals surface area contributed by atoms with Crippen LogP contribution in [0.1, 0.15) is 54.1 Å². The average Bonchev–Trinajstić information content (AvgIpc) is 2.82. The molecule has 1 aromatic carbocycles. The zero-order chi connectivity index (χ0) is 14.6. The monoisotopic (exact) mass is 270 g/mol. The first-order valence-corrected chi connectivity index (χ1v) is 7.16. The number of hydrogen-bond acceptors (Lipinski definition) is 2. The normalized spacial score (nSPS) is 16.4. The smallest absolute Gasteiger partial charge is 0.252 e. The van der Waals surface area contributed by atoms with Crippen LogP contribution in [0.2, 0.25) is 0 Å². The summed E-state index contributed by atoms with van der Waals surface area (Å²) in [5, 5.41) is 3.17. The second-order valence-electron chi connectivity index (χ2n) is 5.78. The minimum Gasteiger partial charge on any atom is -0.347 e. The van der Waals surface area contributed by atoms with Crippen LogP contribution in [0.5, 0.6) is 0 Å². The lowest BCUT2D eigenvalue weighted by Crippen LogP contribution is -2.43.